The van der Waals surface area contributed by atoms with Crippen LogP contribution in [0.15, 0.2) is 12.1 Å². The summed E-state index contributed by atoms with van der Waals surface area (Å²) in [5.74, 6) is 1.70. The molecule has 3 N–H and O–H groups in total. The predicted octanol–water partition coefficient (Wildman–Crippen LogP) is 2.12. The number of aliphatic hydroxyl groups is 1. The molecule has 5 nitrogen and oxygen atoms in total. The minimum atomic E-state index is -0.685. The summed E-state index contributed by atoms with van der Waals surface area (Å²) in [5, 5.41) is 10.6. The zero-order valence-electron chi connectivity index (χ0n) is 12.7. The van der Waals surface area contributed by atoms with Crippen LogP contribution in [-0.4, -0.2) is 33.0 Å². The standard InChI is InChI=1S/C15H25NO4/c1-5-6-10(9-16)15(17)11-7-13(19-3)14(20-4)8-12(11)18-2/h7-8,10,15,17H,5-6,9,16H2,1-4H3. The van der Waals surface area contributed by atoms with E-state index in [-0.39, 0.29) is 5.92 Å². The van der Waals surface area contributed by atoms with Gasteiger partial charge in [0.15, 0.2) is 11.5 Å². The van der Waals surface area contributed by atoms with E-state index >= 15 is 0 Å². The van der Waals surface area contributed by atoms with Gasteiger partial charge in [0.1, 0.15) is 5.75 Å². The van der Waals surface area contributed by atoms with Crippen LogP contribution in [0.2, 0.25) is 0 Å². The highest BCUT2D eigenvalue weighted by Crippen LogP contribution is 2.40. The van der Waals surface area contributed by atoms with Crippen molar-refractivity contribution in [3.05, 3.63) is 17.7 Å². The van der Waals surface area contributed by atoms with Crippen LogP contribution in [0.4, 0.5) is 0 Å². The molecule has 0 heterocycles. The molecule has 0 fully saturated rings. The van der Waals surface area contributed by atoms with Gasteiger partial charge >= 0.3 is 0 Å². The summed E-state index contributed by atoms with van der Waals surface area (Å²) in [4.78, 5) is 0. The van der Waals surface area contributed by atoms with Gasteiger partial charge in [-0.05, 0) is 19.0 Å². The maximum atomic E-state index is 10.6. The molecule has 114 valence electrons. The predicted molar refractivity (Wildman–Crippen MR) is 78.5 cm³/mol. The molecule has 0 saturated heterocycles. The van der Waals surface area contributed by atoms with Gasteiger partial charge in [-0.2, -0.15) is 0 Å². The summed E-state index contributed by atoms with van der Waals surface area (Å²) in [5.41, 5.74) is 6.43. The van der Waals surface area contributed by atoms with E-state index in [0.717, 1.165) is 12.8 Å². The van der Waals surface area contributed by atoms with Crippen molar-refractivity contribution in [1.29, 1.82) is 0 Å². The van der Waals surface area contributed by atoms with Crippen LogP contribution in [0.5, 0.6) is 17.2 Å². The van der Waals surface area contributed by atoms with Gasteiger partial charge < -0.3 is 25.1 Å². The molecule has 0 aliphatic carbocycles. The highest BCUT2D eigenvalue weighted by molar-refractivity contribution is 5.51. The molecule has 1 rings (SSSR count). The molecule has 1 aromatic carbocycles. The first-order valence-electron chi connectivity index (χ1n) is 6.80. The zero-order valence-corrected chi connectivity index (χ0v) is 12.7. The summed E-state index contributed by atoms with van der Waals surface area (Å²) < 4.78 is 15.9. The second kappa shape index (κ2) is 7.97. The molecular weight excluding hydrogens is 258 g/mol. The Morgan fingerprint density at radius 2 is 1.60 bits per heavy atom. The van der Waals surface area contributed by atoms with Crippen LogP contribution < -0.4 is 19.9 Å². The average Bonchev–Trinajstić information content (AvgIpc) is 2.50. The largest absolute Gasteiger partial charge is 0.496 e. The Hall–Kier alpha value is -1.46. The van der Waals surface area contributed by atoms with Crippen molar-refractivity contribution in [3.8, 4) is 17.2 Å². The monoisotopic (exact) mass is 283 g/mol. The van der Waals surface area contributed by atoms with Gasteiger partial charge in [-0.1, -0.05) is 13.3 Å². The van der Waals surface area contributed by atoms with E-state index in [4.69, 9.17) is 19.9 Å². The number of benzene rings is 1. The topological polar surface area (TPSA) is 73.9 Å². The first kappa shape index (κ1) is 16.6. The Balaban J connectivity index is 3.20. The van der Waals surface area contributed by atoms with Gasteiger partial charge in [0.2, 0.25) is 0 Å². The van der Waals surface area contributed by atoms with Crippen molar-refractivity contribution >= 4 is 0 Å². The summed E-state index contributed by atoms with van der Waals surface area (Å²) in [6.07, 6.45) is 1.14. The minimum absolute atomic E-state index is 0.00741. The Morgan fingerprint density at radius 3 is 2.05 bits per heavy atom. The zero-order chi connectivity index (χ0) is 15.1. The summed E-state index contributed by atoms with van der Waals surface area (Å²) in [7, 11) is 4.69. The van der Waals surface area contributed by atoms with Crippen molar-refractivity contribution in [2.45, 2.75) is 25.9 Å². The molecule has 5 heteroatoms. The van der Waals surface area contributed by atoms with Gasteiger partial charge in [0.05, 0.1) is 27.4 Å². The molecule has 0 saturated carbocycles. The molecule has 0 aliphatic heterocycles. The molecule has 0 amide bonds. The van der Waals surface area contributed by atoms with Crippen LogP contribution >= 0.6 is 0 Å². The quantitative estimate of drug-likeness (QED) is 0.764. The van der Waals surface area contributed by atoms with E-state index in [2.05, 4.69) is 6.92 Å². The van der Waals surface area contributed by atoms with Gasteiger partial charge in [-0.25, -0.2) is 0 Å². The number of hydrogen-bond acceptors (Lipinski definition) is 5. The van der Waals surface area contributed by atoms with Gasteiger partial charge in [0.25, 0.3) is 0 Å². The fourth-order valence-corrected chi connectivity index (χ4v) is 2.31. The summed E-state index contributed by atoms with van der Waals surface area (Å²) in [6.45, 7) is 2.49. The lowest BCUT2D eigenvalue weighted by Gasteiger charge is -2.24. The molecular formula is C15H25NO4. The fourth-order valence-electron chi connectivity index (χ4n) is 2.31. The summed E-state index contributed by atoms with van der Waals surface area (Å²) in [6, 6.07) is 3.47. The Kier molecular flexibility index (Phi) is 6.61. The molecule has 2 atom stereocenters. The Morgan fingerprint density at radius 1 is 1.05 bits per heavy atom. The third-order valence-electron chi connectivity index (χ3n) is 3.46. The molecule has 20 heavy (non-hydrogen) atoms. The number of aliphatic hydroxyl groups excluding tert-OH is 1. The number of nitrogens with two attached hydrogens (primary N) is 1. The average molecular weight is 283 g/mol. The highest BCUT2D eigenvalue weighted by Gasteiger charge is 2.24. The minimum Gasteiger partial charge on any atom is -0.496 e. The van der Waals surface area contributed by atoms with Crippen LogP contribution in [0.25, 0.3) is 0 Å². The van der Waals surface area contributed by atoms with E-state index in [9.17, 15) is 5.11 Å². The molecule has 0 spiro atoms. The van der Waals surface area contributed by atoms with Crippen molar-refractivity contribution in [2.75, 3.05) is 27.9 Å². The second-order valence-electron chi connectivity index (χ2n) is 4.68. The van der Waals surface area contributed by atoms with Crippen molar-refractivity contribution in [2.24, 2.45) is 11.7 Å². The van der Waals surface area contributed by atoms with Gasteiger partial charge in [-0.3, -0.25) is 0 Å². The molecule has 0 radical (unpaired) electrons. The molecule has 1 aromatic rings. The van der Waals surface area contributed by atoms with Crippen molar-refractivity contribution in [3.63, 3.8) is 0 Å². The maximum Gasteiger partial charge on any atom is 0.164 e. The smallest absolute Gasteiger partial charge is 0.164 e. The SMILES string of the molecule is CCCC(CN)C(O)c1cc(OC)c(OC)cc1OC. The van der Waals surface area contributed by atoms with E-state index in [1.54, 1.807) is 33.5 Å². The molecule has 2 unspecified atom stereocenters. The normalized spacial score (nSPS) is 13.7. The third-order valence-corrected chi connectivity index (χ3v) is 3.46. The van der Waals surface area contributed by atoms with Crippen LogP contribution in [-0.2, 0) is 0 Å². The lowest BCUT2D eigenvalue weighted by molar-refractivity contribution is 0.103. The number of hydrogen-bond donors (Lipinski definition) is 2. The van der Waals surface area contributed by atoms with Crippen LogP contribution in [0.3, 0.4) is 0 Å². The van der Waals surface area contributed by atoms with Crippen LogP contribution in [0, 0.1) is 5.92 Å². The third kappa shape index (κ3) is 3.55. The molecule has 0 aliphatic rings. The van der Waals surface area contributed by atoms with E-state index in [0.29, 0.717) is 29.4 Å². The first-order valence-corrected chi connectivity index (χ1v) is 6.80. The van der Waals surface area contributed by atoms with Gasteiger partial charge in [0, 0.05) is 17.5 Å². The van der Waals surface area contributed by atoms with Crippen LogP contribution in [0.1, 0.15) is 31.4 Å². The molecule has 0 bridgehead atoms. The van der Waals surface area contributed by atoms with E-state index in [1.165, 1.54) is 0 Å². The highest BCUT2D eigenvalue weighted by atomic mass is 16.5. The second-order valence-corrected chi connectivity index (χ2v) is 4.68. The van der Waals surface area contributed by atoms with Crippen molar-refractivity contribution in [1.82, 2.24) is 0 Å². The maximum absolute atomic E-state index is 10.6. The van der Waals surface area contributed by atoms with E-state index < -0.39 is 6.10 Å². The van der Waals surface area contributed by atoms with Crippen molar-refractivity contribution < 1.29 is 19.3 Å². The number of rotatable bonds is 8. The summed E-state index contributed by atoms with van der Waals surface area (Å²) >= 11 is 0. The Labute approximate surface area is 120 Å². The van der Waals surface area contributed by atoms with Gasteiger partial charge in [-0.15, -0.1) is 0 Å². The number of methoxy groups -OCH3 is 3. The molecule has 0 aromatic heterocycles. The fraction of sp³-hybridized carbons (Fsp3) is 0.600. The first-order chi connectivity index (χ1) is 9.62. The van der Waals surface area contributed by atoms with E-state index in [1.807, 2.05) is 0 Å². The Bertz CT molecular complexity index is 423. The number of ether oxygens (including phenoxy) is 3. The lowest BCUT2D eigenvalue weighted by Crippen LogP contribution is -2.22. The lowest BCUT2D eigenvalue weighted by atomic mass is 9.91.